The number of aryl methyl sites for hydroxylation is 1. The highest BCUT2D eigenvalue weighted by atomic mass is 35.5. The van der Waals surface area contributed by atoms with Gasteiger partial charge in [0.05, 0.1) is 48.2 Å². The smallest absolute Gasteiger partial charge is 0.234 e. The molecule has 0 radical (unpaired) electrons. The number of benzene rings is 2. The zero-order chi connectivity index (χ0) is 30.7. The molecule has 43 heavy (non-hydrogen) atoms. The summed E-state index contributed by atoms with van der Waals surface area (Å²) in [4.78, 5) is 27.8. The number of thioether (sulfide) groups is 1. The summed E-state index contributed by atoms with van der Waals surface area (Å²) >= 11 is 8.65. The Kier molecular flexibility index (Phi) is 9.25. The van der Waals surface area contributed by atoms with Crippen LogP contribution < -0.4 is 25.4 Å². The molecule has 0 saturated heterocycles. The molecule has 1 aliphatic carbocycles. The van der Waals surface area contributed by atoms with E-state index >= 15 is 0 Å². The first-order valence-electron chi connectivity index (χ1n) is 13.5. The molecule has 2 aromatic carbocycles. The molecule has 0 spiro atoms. The number of nitrogens with two attached hydrogens (primary N) is 1. The average Bonchev–Trinajstić information content (AvgIpc) is 3.48. The predicted octanol–water partition coefficient (Wildman–Crippen LogP) is 5.81. The number of nitrogens with zero attached hydrogens (tertiary/aromatic N) is 4. The lowest BCUT2D eigenvalue weighted by Gasteiger charge is -2.38. The van der Waals surface area contributed by atoms with Gasteiger partial charge in [0, 0.05) is 23.8 Å². The van der Waals surface area contributed by atoms with Gasteiger partial charge in [-0.25, -0.2) is 0 Å². The standard InChI is InChI=1S/C30H29ClN6O4S2/c1-4-16-8-10-17(11-9-16)26-18(14-32)28(33)37(21-6-5-7-22(38)27(21)26)29-35-36-30(43-29)42-15-25(39)34-20-12-19(31)23(40-2)13-24(20)41-3/h8-13,26H,4-7,15,33H2,1-3H3,(H,34,39). The second-order valence-corrected chi connectivity index (χ2v) is 12.4. The fourth-order valence-electron chi connectivity index (χ4n) is 5.21. The highest BCUT2D eigenvalue weighted by Gasteiger charge is 2.41. The van der Waals surface area contributed by atoms with Crippen LogP contribution in [0.5, 0.6) is 11.5 Å². The topological polar surface area (TPSA) is 143 Å². The van der Waals surface area contributed by atoms with Crippen LogP contribution in [-0.2, 0) is 16.0 Å². The number of nitrogens with one attached hydrogen (secondary N) is 1. The molecule has 3 aromatic rings. The maximum absolute atomic E-state index is 13.4. The van der Waals surface area contributed by atoms with Gasteiger partial charge < -0.3 is 20.5 Å². The highest BCUT2D eigenvalue weighted by Crippen LogP contribution is 2.47. The molecule has 2 heterocycles. The van der Waals surface area contributed by atoms with Crippen molar-refractivity contribution in [2.24, 2.45) is 5.73 Å². The van der Waals surface area contributed by atoms with Crippen molar-refractivity contribution in [3.63, 3.8) is 0 Å². The number of aromatic nitrogens is 2. The minimum absolute atomic E-state index is 0.000848. The molecule has 0 fully saturated rings. The predicted molar refractivity (Wildman–Crippen MR) is 168 cm³/mol. The fourth-order valence-corrected chi connectivity index (χ4v) is 7.13. The van der Waals surface area contributed by atoms with Crippen LogP contribution in [0.15, 0.2) is 63.4 Å². The van der Waals surface area contributed by atoms with Gasteiger partial charge in [0.2, 0.25) is 11.0 Å². The van der Waals surface area contributed by atoms with Gasteiger partial charge >= 0.3 is 0 Å². The summed E-state index contributed by atoms with van der Waals surface area (Å²) in [6.07, 6.45) is 2.58. The van der Waals surface area contributed by atoms with Crippen LogP contribution in [0.1, 0.15) is 43.2 Å². The zero-order valence-corrected chi connectivity index (χ0v) is 26.2. The van der Waals surface area contributed by atoms with E-state index in [2.05, 4.69) is 28.5 Å². The van der Waals surface area contributed by atoms with Crippen molar-refractivity contribution in [1.82, 2.24) is 10.2 Å². The molecule has 1 aromatic heterocycles. The minimum atomic E-state index is -0.538. The van der Waals surface area contributed by atoms with Crippen LogP contribution in [0.2, 0.25) is 5.02 Å². The number of rotatable bonds is 9. The summed E-state index contributed by atoms with van der Waals surface area (Å²) in [5, 5.41) is 22.4. The lowest BCUT2D eigenvalue weighted by molar-refractivity contribution is -0.116. The van der Waals surface area contributed by atoms with Crippen LogP contribution in [0.25, 0.3) is 0 Å². The van der Waals surface area contributed by atoms with Gasteiger partial charge in [-0.15, -0.1) is 10.2 Å². The third kappa shape index (κ3) is 6.06. The number of hydrogen-bond donors (Lipinski definition) is 2. The Morgan fingerprint density at radius 2 is 1.95 bits per heavy atom. The zero-order valence-electron chi connectivity index (χ0n) is 23.8. The molecule has 3 N–H and O–H groups in total. The molecule has 13 heteroatoms. The molecular weight excluding hydrogens is 608 g/mol. The highest BCUT2D eigenvalue weighted by molar-refractivity contribution is 8.01. The lowest BCUT2D eigenvalue weighted by Crippen LogP contribution is -2.38. The maximum atomic E-state index is 13.4. The summed E-state index contributed by atoms with van der Waals surface area (Å²) < 4.78 is 11.1. The first-order valence-corrected chi connectivity index (χ1v) is 15.7. The van der Waals surface area contributed by atoms with Gasteiger partial charge in [0.25, 0.3) is 0 Å². The van der Waals surface area contributed by atoms with Crippen LogP contribution in [0.3, 0.4) is 0 Å². The summed E-state index contributed by atoms with van der Waals surface area (Å²) in [7, 11) is 2.98. The summed E-state index contributed by atoms with van der Waals surface area (Å²) in [6.45, 7) is 2.08. The third-order valence-electron chi connectivity index (χ3n) is 7.30. The number of ether oxygens (including phenoxy) is 2. The Balaban J connectivity index is 1.39. The summed E-state index contributed by atoms with van der Waals surface area (Å²) in [6, 6.07) is 13.4. The van der Waals surface area contributed by atoms with Gasteiger partial charge in [-0.2, -0.15) is 5.26 Å². The van der Waals surface area contributed by atoms with Crippen LogP contribution in [0.4, 0.5) is 10.8 Å². The van der Waals surface area contributed by atoms with E-state index in [1.165, 1.54) is 42.9 Å². The molecule has 0 bridgehead atoms. The van der Waals surface area contributed by atoms with E-state index in [9.17, 15) is 14.9 Å². The van der Waals surface area contributed by atoms with Crippen molar-refractivity contribution >= 4 is 57.2 Å². The third-order valence-corrected chi connectivity index (χ3v) is 9.63. The second kappa shape index (κ2) is 13.1. The number of halogens is 1. The number of nitriles is 1. The number of amides is 1. The molecule has 2 aliphatic rings. The molecular formula is C30H29ClN6O4S2. The van der Waals surface area contributed by atoms with Crippen molar-refractivity contribution in [1.29, 1.82) is 5.26 Å². The maximum Gasteiger partial charge on any atom is 0.234 e. The first-order chi connectivity index (χ1) is 20.8. The Morgan fingerprint density at radius 3 is 2.63 bits per heavy atom. The van der Waals surface area contributed by atoms with Crippen LogP contribution in [0, 0.1) is 11.3 Å². The minimum Gasteiger partial charge on any atom is -0.495 e. The monoisotopic (exact) mass is 636 g/mol. The van der Waals surface area contributed by atoms with Gasteiger partial charge in [-0.3, -0.25) is 14.5 Å². The number of anilines is 2. The molecule has 5 rings (SSSR count). The van der Waals surface area contributed by atoms with E-state index in [0.717, 1.165) is 17.7 Å². The van der Waals surface area contributed by atoms with E-state index < -0.39 is 5.92 Å². The number of carbonyl (C=O) groups is 2. The summed E-state index contributed by atoms with van der Waals surface area (Å²) in [5.41, 5.74) is 10.7. The van der Waals surface area contributed by atoms with E-state index in [4.69, 9.17) is 26.8 Å². The molecule has 1 aliphatic heterocycles. The van der Waals surface area contributed by atoms with Crippen molar-refractivity contribution in [2.45, 2.75) is 42.9 Å². The van der Waals surface area contributed by atoms with Gasteiger partial charge in [0.15, 0.2) is 10.1 Å². The normalized spacial score (nSPS) is 16.6. The first kappa shape index (κ1) is 30.4. The van der Waals surface area contributed by atoms with E-state index in [1.807, 2.05) is 24.3 Å². The second-order valence-electron chi connectivity index (χ2n) is 9.79. The number of carbonyl (C=O) groups excluding carboxylic acids is 2. The van der Waals surface area contributed by atoms with Gasteiger partial charge in [-0.05, 0) is 36.5 Å². The van der Waals surface area contributed by atoms with E-state index in [0.29, 0.717) is 62.1 Å². The van der Waals surface area contributed by atoms with Crippen molar-refractivity contribution in [3.05, 3.63) is 75.2 Å². The van der Waals surface area contributed by atoms with Gasteiger partial charge in [0.1, 0.15) is 17.3 Å². The lowest BCUT2D eigenvalue weighted by atomic mass is 9.75. The Hall–Kier alpha value is -4.05. The Bertz CT molecular complexity index is 1680. The SMILES string of the molecule is CCc1ccc(C2C(C#N)=C(N)N(c3nnc(SCC(=O)Nc4cc(Cl)c(OC)cc4OC)s3)C3=C2C(=O)CCC3)cc1. The number of ketones is 1. The molecule has 1 atom stereocenters. The number of hydrogen-bond acceptors (Lipinski definition) is 11. The number of Topliss-reactive ketones (excluding diaryl/α,β-unsaturated/α-hetero) is 1. The molecule has 10 nitrogen and oxygen atoms in total. The average molecular weight is 637 g/mol. The number of methoxy groups -OCH3 is 2. The van der Waals surface area contributed by atoms with Crippen molar-refractivity contribution in [2.75, 3.05) is 30.2 Å². The van der Waals surface area contributed by atoms with Crippen LogP contribution >= 0.6 is 34.7 Å². The fraction of sp³-hybridized carbons (Fsp3) is 0.300. The van der Waals surface area contributed by atoms with Crippen molar-refractivity contribution in [3.8, 4) is 17.6 Å². The Labute approximate surface area is 262 Å². The van der Waals surface area contributed by atoms with E-state index in [1.54, 1.807) is 17.0 Å². The molecule has 1 amide bonds. The summed E-state index contributed by atoms with van der Waals surface area (Å²) in [5.74, 6) is 0.267. The van der Waals surface area contributed by atoms with Crippen LogP contribution in [-0.4, -0.2) is 41.9 Å². The van der Waals surface area contributed by atoms with E-state index in [-0.39, 0.29) is 23.3 Å². The quantitative estimate of drug-likeness (QED) is 0.276. The molecule has 0 saturated carbocycles. The van der Waals surface area contributed by atoms with Crippen molar-refractivity contribution < 1.29 is 19.1 Å². The Morgan fingerprint density at radius 1 is 1.21 bits per heavy atom. The number of allylic oxidation sites excluding steroid dienone is 3. The molecule has 1 unspecified atom stereocenters. The molecule has 222 valence electrons. The largest absolute Gasteiger partial charge is 0.495 e. The van der Waals surface area contributed by atoms with Gasteiger partial charge in [-0.1, -0.05) is 65.9 Å².